The number of rotatable bonds is 6. The lowest BCUT2D eigenvalue weighted by molar-refractivity contribution is -0.156. The molecule has 0 unspecified atom stereocenters. The zero-order valence-electron chi connectivity index (χ0n) is 20.2. The van der Waals surface area contributed by atoms with E-state index in [1.165, 1.54) is 11.3 Å². The Balaban J connectivity index is 1.41. The van der Waals surface area contributed by atoms with Gasteiger partial charge in [0.05, 0.1) is 24.0 Å². The summed E-state index contributed by atoms with van der Waals surface area (Å²) in [5, 5.41) is 10.8. The van der Waals surface area contributed by atoms with Crippen molar-refractivity contribution >= 4 is 40.9 Å². The molecule has 3 heterocycles. The van der Waals surface area contributed by atoms with Gasteiger partial charge in [-0.15, -0.1) is 11.8 Å². The smallest absolute Gasteiger partial charge is 0.326 e. The van der Waals surface area contributed by atoms with E-state index >= 15 is 0 Å². The number of carbonyl (C=O) groups excluding carboxylic acids is 2. The standard InChI is InChI=1S/C26H28N2O6S2/c1-10(2)8-15(25(31)32)28-23(29)18-13-9-14(19(18)24(28)30)20-17(13)16(11-4-6-12(34-3)7-5-11)21-22(35-20)27-26(33)36-21/h4-7,10,13-20H,8-9H2,1-3H3,(H,27,33)(H,31,32)/t13-,14+,15-,16+,17+,18-,19+,20-/m1/s1. The average Bonchev–Trinajstić information content (AvgIpc) is 3.56. The number of methoxy groups -OCH3 is 1. The number of carboxylic acid groups (broad SMARTS) is 1. The number of carboxylic acids is 1. The van der Waals surface area contributed by atoms with Gasteiger partial charge in [0.15, 0.2) is 0 Å². The molecule has 8 nitrogen and oxygen atoms in total. The number of hydrogen-bond donors (Lipinski definition) is 2. The van der Waals surface area contributed by atoms with Crippen molar-refractivity contribution in [3.63, 3.8) is 0 Å². The number of nitrogens with zero attached hydrogens (tertiary/aromatic N) is 1. The molecule has 2 N–H and O–H groups in total. The number of thioether (sulfide) groups is 1. The lowest BCUT2D eigenvalue weighted by Gasteiger charge is -2.43. The summed E-state index contributed by atoms with van der Waals surface area (Å²) in [5.74, 6) is -2.01. The molecule has 0 radical (unpaired) electrons. The molecule has 190 valence electrons. The number of nitrogens with one attached hydrogen (secondary N) is 1. The molecule has 0 spiro atoms. The molecular weight excluding hydrogens is 500 g/mol. The molecule has 1 aromatic carbocycles. The third-order valence-corrected chi connectivity index (χ3v) is 11.1. The quantitative estimate of drug-likeness (QED) is 0.552. The minimum atomic E-state index is -1.12. The summed E-state index contributed by atoms with van der Waals surface area (Å²) in [7, 11) is 1.62. The molecule has 10 heteroatoms. The van der Waals surface area contributed by atoms with Gasteiger partial charge in [0, 0.05) is 16.0 Å². The SMILES string of the molecule is COc1ccc([C@@H]2c3sc(=O)[nH]c3S[C@@H]3[C@H]4C[C@@H]([C@H]5C(=O)N([C@H](CC(C)C)C(=O)O)C(=O)[C@@H]45)[C@@H]23)cc1. The number of amides is 2. The van der Waals surface area contributed by atoms with Gasteiger partial charge in [-0.2, -0.15) is 0 Å². The van der Waals surface area contributed by atoms with Crippen molar-refractivity contribution in [2.24, 2.45) is 35.5 Å². The molecule has 2 amide bonds. The number of aliphatic carboxylic acids is 1. The maximum absolute atomic E-state index is 13.7. The second kappa shape index (κ2) is 8.48. The van der Waals surface area contributed by atoms with E-state index in [2.05, 4.69) is 4.98 Å². The fourth-order valence-electron chi connectivity index (χ4n) is 7.29. The van der Waals surface area contributed by atoms with E-state index in [0.29, 0.717) is 0 Å². The van der Waals surface area contributed by atoms with Crippen LogP contribution in [0.3, 0.4) is 0 Å². The molecule has 4 aliphatic rings. The zero-order valence-corrected chi connectivity index (χ0v) is 21.8. The number of likely N-dealkylation sites (tertiary alicyclic amines) is 1. The number of imide groups is 1. The minimum Gasteiger partial charge on any atom is -0.497 e. The topological polar surface area (TPSA) is 117 Å². The fraction of sp³-hybridized carbons (Fsp3) is 0.538. The van der Waals surface area contributed by atoms with E-state index in [1.807, 2.05) is 38.1 Å². The molecule has 3 fully saturated rings. The van der Waals surface area contributed by atoms with E-state index in [-0.39, 0.29) is 57.9 Å². The van der Waals surface area contributed by atoms with Crippen LogP contribution >= 0.6 is 23.1 Å². The highest BCUT2D eigenvalue weighted by atomic mass is 32.2. The normalized spacial score (nSPS) is 33.0. The lowest BCUT2D eigenvalue weighted by Crippen LogP contribution is -2.47. The molecule has 36 heavy (non-hydrogen) atoms. The summed E-state index contributed by atoms with van der Waals surface area (Å²) in [6, 6.07) is 6.73. The Morgan fingerprint density at radius 1 is 1.14 bits per heavy atom. The van der Waals surface area contributed by atoms with Crippen molar-refractivity contribution in [2.75, 3.05) is 7.11 Å². The van der Waals surface area contributed by atoms with Gasteiger partial charge in [-0.05, 0) is 54.2 Å². The summed E-state index contributed by atoms with van der Waals surface area (Å²) in [6.45, 7) is 3.80. The summed E-state index contributed by atoms with van der Waals surface area (Å²) >= 11 is 2.85. The minimum absolute atomic E-state index is 0.0257. The van der Waals surface area contributed by atoms with Gasteiger partial charge < -0.3 is 14.8 Å². The molecule has 8 atom stereocenters. The lowest BCUT2D eigenvalue weighted by atomic mass is 9.68. The third kappa shape index (κ3) is 3.33. The van der Waals surface area contributed by atoms with Crippen molar-refractivity contribution in [1.82, 2.24) is 9.88 Å². The van der Waals surface area contributed by atoms with Crippen LogP contribution in [0.5, 0.6) is 5.75 Å². The van der Waals surface area contributed by atoms with E-state index in [1.54, 1.807) is 18.9 Å². The summed E-state index contributed by atoms with van der Waals surface area (Å²) < 4.78 is 5.34. The first-order chi connectivity index (χ1) is 17.2. The Bertz CT molecular complexity index is 1300. The van der Waals surface area contributed by atoms with Crippen molar-refractivity contribution < 1.29 is 24.2 Å². The van der Waals surface area contributed by atoms with Gasteiger partial charge >= 0.3 is 10.8 Å². The second-order valence-corrected chi connectivity index (χ2v) is 13.0. The molecule has 1 aromatic heterocycles. The van der Waals surface area contributed by atoms with Crippen molar-refractivity contribution in [1.29, 1.82) is 0 Å². The maximum atomic E-state index is 13.7. The summed E-state index contributed by atoms with van der Waals surface area (Å²) in [4.78, 5) is 56.8. The molecule has 2 aliphatic carbocycles. The number of aromatic nitrogens is 1. The van der Waals surface area contributed by atoms with E-state index in [0.717, 1.165) is 32.5 Å². The Morgan fingerprint density at radius 3 is 2.42 bits per heavy atom. The second-order valence-electron chi connectivity index (χ2n) is 10.8. The molecule has 2 saturated carbocycles. The monoisotopic (exact) mass is 528 g/mol. The van der Waals surface area contributed by atoms with E-state index in [4.69, 9.17) is 4.74 Å². The van der Waals surface area contributed by atoms with Crippen LogP contribution in [-0.4, -0.2) is 51.2 Å². The molecular formula is C26H28N2O6S2. The maximum Gasteiger partial charge on any atom is 0.326 e. The first kappa shape index (κ1) is 23.8. The Labute approximate surface area is 216 Å². The Morgan fingerprint density at radius 2 is 1.81 bits per heavy atom. The van der Waals surface area contributed by atoms with E-state index < -0.39 is 23.8 Å². The molecule has 2 aliphatic heterocycles. The predicted molar refractivity (Wildman–Crippen MR) is 134 cm³/mol. The number of benzene rings is 1. The van der Waals surface area contributed by atoms with Crippen LogP contribution in [0.25, 0.3) is 0 Å². The number of hydrogen-bond acceptors (Lipinski definition) is 7. The van der Waals surface area contributed by atoms with Crippen LogP contribution in [0.1, 0.15) is 43.0 Å². The first-order valence-electron chi connectivity index (χ1n) is 12.3. The van der Waals surface area contributed by atoms with Gasteiger partial charge in [-0.3, -0.25) is 19.3 Å². The fourth-order valence-corrected chi connectivity index (χ4v) is 10.2. The predicted octanol–water partition coefficient (Wildman–Crippen LogP) is 3.42. The van der Waals surface area contributed by atoms with Crippen molar-refractivity contribution in [3.05, 3.63) is 44.4 Å². The number of carbonyl (C=O) groups is 3. The van der Waals surface area contributed by atoms with E-state index in [9.17, 15) is 24.3 Å². The van der Waals surface area contributed by atoms with Gasteiger partial charge in [0.2, 0.25) is 11.8 Å². The van der Waals surface area contributed by atoms with Gasteiger partial charge in [0.25, 0.3) is 0 Å². The number of fused-ring (bicyclic) bond motifs is 9. The highest BCUT2D eigenvalue weighted by Gasteiger charge is 2.70. The van der Waals surface area contributed by atoms with Crippen LogP contribution in [0.4, 0.5) is 0 Å². The highest BCUT2D eigenvalue weighted by molar-refractivity contribution is 8.00. The molecule has 2 aromatic rings. The number of aromatic amines is 1. The molecule has 2 bridgehead atoms. The number of thiazole rings is 1. The zero-order chi connectivity index (χ0) is 25.5. The van der Waals surface area contributed by atoms with Gasteiger partial charge in [0.1, 0.15) is 11.8 Å². The summed E-state index contributed by atoms with van der Waals surface area (Å²) in [5.41, 5.74) is 1.06. The van der Waals surface area contributed by atoms with Gasteiger partial charge in [-0.1, -0.05) is 37.3 Å². The summed E-state index contributed by atoms with van der Waals surface area (Å²) in [6.07, 6.45) is 1.02. The largest absolute Gasteiger partial charge is 0.497 e. The van der Waals surface area contributed by atoms with Crippen LogP contribution in [0.2, 0.25) is 0 Å². The van der Waals surface area contributed by atoms with Crippen LogP contribution in [0.15, 0.2) is 34.1 Å². The van der Waals surface area contributed by atoms with Crippen LogP contribution in [0, 0.1) is 35.5 Å². The Kier molecular flexibility index (Phi) is 5.60. The van der Waals surface area contributed by atoms with Crippen LogP contribution < -0.4 is 9.61 Å². The Hall–Kier alpha value is -2.59. The molecule has 1 saturated heterocycles. The molecule has 6 rings (SSSR count). The average molecular weight is 529 g/mol. The van der Waals surface area contributed by atoms with Crippen molar-refractivity contribution in [3.8, 4) is 5.75 Å². The first-order valence-corrected chi connectivity index (χ1v) is 14.0. The highest BCUT2D eigenvalue weighted by Crippen LogP contribution is 2.68. The number of ether oxygens (including phenoxy) is 1. The third-order valence-electron chi connectivity index (χ3n) is 8.52. The number of H-pyrrole nitrogens is 1. The van der Waals surface area contributed by atoms with Crippen LogP contribution in [-0.2, 0) is 14.4 Å². The van der Waals surface area contributed by atoms with Gasteiger partial charge in [-0.25, -0.2) is 4.79 Å². The van der Waals surface area contributed by atoms with Crippen molar-refractivity contribution in [2.45, 2.75) is 48.9 Å².